The number of amides is 4. The average molecular weight is 621 g/mol. The predicted molar refractivity (Wildman–Crippen MR) is 143 cm³/mol. The number of hydrogen-bond donors (Lipinski definition) is 2. The van der Waals surface area contributed by atoms with Crippen LogP contribution in [0.25, 0.3) is 0 Å². The van der Waals surface area contributed by atoms with Gasteiger partial charge in [0, 0.05) is 19.2 Å². The molecule has 4 heterocycles. The van der Waals surface area contributed by atoms with E-state index < -0.39 is 77.0 Å². The van der Waals surface area contributed by atoms with Crippen molar-refractivity contribution in [2.45, 2.75) is 76.1 Å². The second-order valence-electron chi connectivity index (χ2n) is 13.6. The fourth-order valence-corrected chi connectivity index (χ4v) is 7.95. The van der Waals surface area contributed by atoms with Crippen molar-refractivity contribution >= 4 is 29.4 Å². The minimum absolute atomic E-state index is 0.00546. The van der Waals surface area contributed by atoms with Gasteiger partial charge in [0.1, 0.15) is 24.3 Å². The lowest BCUT2D eigenvalue weighted by Crippen LogP contribution is -2.61. The molecule has 44 heavy (non-hydrogen) atoms. The van der Waals surface area contributed by atoms with Crippen molar-refractivity contribution in [2.24, 2.45) is 29.1 Å². The summed E-state index contributed by atoms with van der Waals surface area (Å²) in [6.07, 6.45) is -4.43. The molecule has 4 fully saturated rings. The minimum atomic E-state index is -5.25. The van der Waals surface area contributed by atoms with Crippen LogP contribution in [-0.2, 0) is 19.2 Å². The predicted octanol–water partition coefficient (Wildman–Crippen LogP) is 2.19. The molecule has 1 spiro atoms. The number of aromatic nitrogens is 1. The van der Waals surface area contributed by atoms with Crippen LogP contribution in [-0.4, -0.2) is 87.6 Å². The van der Waals surface area contributed by atoms with Gasteiger partial charge in [-0.25, -0.2) is 9.37 Å². The summed E-state index contributed by atoms with van der Waals surface area (Å²) in [6, 6.07) is 1.11. The largest absolute Gasteiger partial charge is 0.472 e. The summed E-state index contributed by atoms with van der Waals surface area (Å²) in [5.41, 5.74) is -2.82. The maximum atomic E-state index is 15.1. The number of nitriles is 1. The second kappa shape index (κ2) is 10.0. The standard InChI is InChI=1S/C29H32F4N6O5/c1-27(2,3)21(36-26(43)29(31,32)33)24(41)38-11-16-13-7-15(17(30)8-13)19(16)20(38)23(40)39-12-28(9-14(39)10-34)25(42)37-22-18(44-28)5-4-6-35-22/h4-6,13-17,19-21H,7-9,11-12H2,1-3H3,(H,36,43)(H,35,37,42). The number of carbonyl (C=O) groups excluding carboxylic acids is 4. The molecule has 2 bridgehead atoms. The molecule has 9 atom stereocenters. The molecule has 3 aliphatic heterocycles. The Morgan fingerprint density at radius 3 is 2.59 bits per heavy atom. The van der Waals surface area contributed by atoms with Gasteiger partial charge in [-0.05, 0) is 54.1 Å². The van der Waals surface area contributed by atoms with Crippen molar-refractivity contribution in [1.29, 1.82) is 5.26 Å². The fraction of sp³-hybridized carbons (Fsp3) is 0.655. The molecule has 0 radical (unpaired) electrons. The van der Waals surface area contributed by atoms with Gasteiger partial charge >= 0.3 is 12.1 Å². The topological polar surface area (TPSA) is 145 Å². The van der Waals surface area contributed by atoms with Gasteiger partial charge in [0.2, 0.25) is 17.4 Å². The number of halogens is 4. The fourth-order valence-electron chi connectivity index (χ4n) is 7.95. The highest BCUT2D eigenvalue weighted by Crippen LogP contribution is 2.59. The van der Waals surface area contributed by atoms with Gasteiger partial charge < -0.3 is 25.2 Å². The van der Waals surface area contributed by atoms with E-state index in [0.29, 0.717) is 6.42 Å². The third-order valence-electron chi connectivity index (χ3n) is 9.93. The number of nitrogens with zero attached hydrogens (tertiary/aromatic N) is 4. The molecule has 2 saturated heterocycles. The Bertz CT molecular complexity index is 1460. The molecule has 5 aliphatic rings. The molecular weight excluding hydrogens is 588 g/mol. The molecule has 2 saturated carbocycles. The van der Waals surface area contributed by atoms with Crippen LogP contribution in [0.3, 0.4) is 0 Å². The molecule has 11 nitrogen and oxygen atoms in total. The zero-order valence-corrected chi connectivity index (χ0v) is 24.2. The van der Waals surface area contributed by atoms with E-state index in [0.717, 1.165) is 4.90 Å². The van der Waals surface area contributed by atoms with Crippen molar-refractivity contribution in [3.8, 4) is 11.8 Å². The molecule has 9 unspecified atom stereocenters. The number of hydrogen-bond acceptors (Lipinski definition) is 7. The highest BCUT2D eigenvalue weighted by Gasteiger charge is 2.65. The van der Waals surface area contributed by atoms with Gasteiger partial charge in [0.25, 0.3) is 5.91 Å². The Labute approximate surface area is 250 Å². The van der Waals surface area contributed by atoms with Gasteiger partial charge in [0.15, 0.2) is 11.6 Å². The summed E-state index contributed by atoms with van der Waals surface area (Å²) in [7, 11) is 0. The van der Waals surface area contributed by atoms with Gasteiger partial charge in [-0.15, -0.1) is 0 Å². The maximum absolute atomic E-state index is 15.1. The van der Waals surface area contributed by atoms with E-state index in [9.17, 15) is 37.6 Å². The number of carbonyl (C=O) groups is 4. The lowest BCUT2D eigenvalue weighted by Gasteiger charge is -2.39. The van der Waals surface area contributed by atoms with E-state index >= 15 is 4.39 Å². The van der Waals surface area contributed by atoms with Crippen molar-refractivity contribution in [3.63, 3.8) is 0 Å². The van der Waals surface area contributed by atoms with Crippen molar-refractivity contribution in [3.05, 3.63) is 18.3 Å². The van der Waals surface area contributed by atoms with Crippen LogP contribution in [0, 0.1) is 40.4 Å². The van der Waals surface area contributed by atoms with Crippen LogP contribution >= 0.6 is 0 Å². The first-order valence-corrected chi connectivity index (χ1v) is 14.5. The molecule has 0 aromatic carbocycles. The number of alkyl halides is 4. The number of likely N-dealkylation sites (tertiary alicyclic amines) is 2. The summed E-state index contributed by atoms with van der Waals surface area (Å²) in [5, 5.41) is 14.5. The van der Waals surface area contributed by atoms with Crippen molar-refractivity contribution in [2.75, 3.05) is 18.4 Å². The zero-order valence-electron chi connectivity index (χ0n) is 24.2. The third kappa shape index (κ3) is 4.64. The first-order chi connectivity index (χ1) is 20.6. The van der Waals surface area contributed by atoms with Gasteiger partial charge in [-0.2, -0.15) is 18.4 Å². The molecular formula is C29H32F4N6O5. The Morgan fingerprint density at radius 2 is 1.93 bits per heavy atom. The Balaban J connectivity index is 1.34. The van der Waals surface area contributed by atoms with Crippen LogP contribution < -0.4 is 15.4 Å². The lowest BCUT2D eigenvalue weighted by molar-refractivity contribution is -0.176. The number of nitrogens with one attached hydrogen (secondary N) is 2. The van der Waals surface area contributed by atoms with Crippen LogP contribution in [0.2, 0.25) is 0 Å². The highest BCUT2D eigenvalue weighted by molar-refractivity contribution is 6.01. The number of rotatable bonds is 3. The molecule has 15 heteroatoms. The molecule has 4 amide bonds. The van der Waals surface area contributed by atoms with E-state index in [1.807, 2.05) is 11.4 Å². The van der Waals surface area contributed by atoms with E-state index in [1.165, 1.54) is 31.9 Å². The van der Waals surface area contributed by atoms with E-state index in [1.54, 1.807) is 12.1 Å². The SMILES string of the molecule is CC(C)(C)C(NC(=O)C(F)(F)F)C(=O)N1CC2C3CC(F)C(C3)C2C1C(=O)N1CC2(CC1C#N)Oc1cccnc1NC2=O. The van der Waals surface area contributed by atoms with Gasteiger partial charge in [0.05, 0.1) is 12.6 Å². The first-order valence-electron chi connectivity index (χ1n) is 14.5. The van der Waals surface area contributed by atoms with E-state index in [2.05, 4.69) is 10.3 Å². The summed E-state index contributed by atoms with van der Waals surface area (Å²) < 4.78 is 60.9. The van der Waals surface area contributed by atoms with E-state index in [-0.39, 0.29) is 49.3 Å². The number of pyridine rings is 1. The Morgan fingerprint density at radius 1 is 1.20 bits per heavy atom. The molecule has 236 valence electrons. The Hall–Kier alpha value is -3.96. The van der Waals surface area contributed by atoms with Crippen LogP contribution in [0.4, 0.5) is 23.4 Å². The number of anilines is 1. The summed E-state index contributed by atoms with van der Waals surface area (Å²) in [6.45, 7) is 4.12. The van der Waals surface area contributed by atoms with Crippen LogP contribution in [0.1, 0.15) is 40.0 Å². The third-order valence-corrected chi connectivity index (χ3v) is 9.93. The molecule has 1 aromatic rings. The highest BCUT2D eigenvalue weighted by atomic mass is 19.4. The summed E-state index contributed by atoms with van der Waals surface area (Å²) >= 11 is 0. The first kappa shape index (κ1) is 30.1. The average Bonchev–Trinajstić information content (AvgIpc) is 3.70. The second-order valence-corrected chi connectivity index (χ2v) is 13.6. The number of fused-ring (bicyclic) bond motifs is 6. The molecule has 1 aromatic heterocycles. The normalized spacial score (nSPS) is 34.6. The van der Waals surface area contributed by atoms with Crippen LogP contribution in [0.15, 0.2) is 18.3 Å². The maximum Gasteiger partial charge on any atom is 0.471 e. The van der Waals surface area contributed by atoms with Gasteiger partial charge in [-0.1, -0.05) is 20.8 Å². The molecule has 2 N–H and O–H groups in total. The molecule has 2 aliphatic carbocycles. The van der Waals surface area contributed by atoms with E-state index in [4.69, 9.17) is 4.74 Å². The molecule has 6 rings (SSSR count). The zero-order chi connectivity index (χ0) is 31.9. The van der Waals surface area contributed by atoms with Gasteiger partial charge in [-0.3, -0.25) is 19.2 Å². The smallest absolute Gasteiger partial charge is 0.471 e. The van der Waals surface area contributed by atoms with Crippen LogP contribution in [0.5, 0.6) is 5.75 Å². The summed E-state index contributed by atoms with van der Waals surface area (Å²) in [4.78, 5) is 60.2. The Kier molecular flexibility index (Phi) is 6.86. The number of ether oxygens (including phenoxy) is 1. The van der Waals surface area contributed by atoms with Crippen molar-refractivity contribution in [1.82, 2.24) is 20.1 Å². The quantitative estimate of drug-likeness (QED) is 0.493. The summed E-state index contributed by atoms with van der Waals surface area (Å²) in [5.74, 6) is -5.68. The minimum Gasteiger partial charge on any atom is -0.472 e. The van der Waals surface area contributed by atoms with Crippen molar-refractivity contribution < 1.29 is 41.5 Å². The lowest BCUT2D eigenvalue weighted by atomic mass is 9.77. The monoisotopic (exact) mass is 620 g/mol.